The number of hydrogen-bond donors (Lipinski definition) is 1. The van der Waals surface area contributed by atoms with Crippen LogP contribution in [-0.2, 0) is 4.79 Å². The monoisotopic (exact) mass is 347 g/mol. The Bertz CT molecular complexity index is 851. The molecule has 0 aliphatic rings. The van der Waals surface area contributed by atoms with E-state index in [1.807, 2.05) is 0 Å². The third-order valence-corrected chi connectivity index (χ3v) is 3.16. The lowest BCUT2D eigenvalue weighted by atomic mass is 10.2. The van der Waals surface area contributed by atoms with Gasteiger partial charge in [0, 0.05) is 29.3 Å². The first-order valence-corrected chi connectivity index (χ1v) is 6.92. The maximum atomic E-state index is 11.9. The molecule has 0 saturated carbocycles. The summed E-state index contributed by atoms with van der Waals surface area (Å²) in [5.74, 6) is -0.619. The Kier molecular flexibility index (Phi) is 5.23. The molecule has 2 aromatic rings. The van der Waals surface area contributed by atoms with Crippen LogP contribution in [0, 0.1) is 20.2 Å². The topological polar surface area (TPSA) is 115 Å². The highest BCUT2D eigenvalue weighted by Crippen LogP contribution is 2.27. The third kappa shape index (κ3) is 4.37. The average molecular weight is 348 g/mol. The Balaban J connectivity index is 2.15. The van der Waals surface area contributed by atoms with E-state index in [4.69, 9.17) is 11.6 Å². The van der Waals surface area contributed by atoms with Crippen molar-refractivity contribution in [1.29, 1.82) is 0 Å². The van der Waals surface area contributed by atoms with Crippen LogP contribution in [0.1, 0.15) is 5.56 Å². The predicted octanol–water partition coefficient (Wildman–Crippen LogP) is 3.81. The molecule has 0 aromatic heterocycles. The van der Waals surface area contributed by atoms with Crippen molar-refractivity contribution < 1.29 is 14.6 Å². The molecule has 8 nitrogen and oxygen atoms in total. The van der Waals surface area contributed by atoms with E-state index in [-0.39, 0.29) is 22.1 Å². The third-order valence-electron chi connectivity index (χ3n) is 2.92. The minimum atomic E-state index is -0.661. The lowest BCUT2D eigenvalue weighted by molar-refractivity contribution is -0.384. The van der Waals surface area contributed by atoms with Crippen LogP contribution in [0.4, 0.5) is 17.1 Å². The Labute approximate surface area is 140 Å². The first-order chi connectivity index (χ1) is 11.4. The maximum absolute atomic E-state index is 11.9. The van der Waals surface area contributed by atoms with Crippen molar-refractivity contribution in [1.82, 2.24) is 0 Å². The highest BCUT2D eigenvalue weighted by Gasteiger charge is 2.15. The lowest BCUT2D eigenvalue weighted by Crippen LogP contribution is -2.09. The van der Waals surface area contributed by atoms with Crippen molar-refractivity contribution in [2.75, 3.05) is 5.32 Å². The predicted molar refractivity (Wildman–Crippen MR) is 88.9 cm³/mol. The Morgan fingerprint density at radius 2 is 1.83 bits per heavy atom. The fraction of sp³-hybridized carbons (Fsp3) is 0. The van der Waals surface area contributed by atoms with Crippen LogP contribution in [0.2, 0.25) is 5.02 Å². The molecule has 9 heteroatoms. The van der Waals surface area contributed by atoms with Gasteiger partial charge in [0.1, 0.15) is 5.69 Å². The van der Waals surface area contributed by atoms with Gasteiger partial charge in [-0.15, -0.1) is 0 Å². The van der Waals surface area contributed by atoms with Gasteiger partial charge in [-0.05, 0) is 23.8 Å². The second kappa shape index (κ2) is 7.34. The summed E-state index contributed by atoms with van der Waals surface area (Å²) in [4.78, 5) is 32.3. The number of nitrogens with one attached hydrogen (secondary N) is 1. The van der Waals surface area contributed by atoms with Gasteiger partial charge in [0.05, 0.1) is 9.85 Å². The van der Waals surface area contributed by atoms with Crippen molar-refractivity contribution in [2.24, 2.45) is 0 Å². The number of halogens is 1. The smallest absolute Gasteiger partial charge is 0.294 e. The van der Waals surface area contributed by atoms with Crippen LogP contribution >= 0.6 is 11.6 Å². The number of rotatable bonds is 5. The molecule has 1 amide bonds. The molecule has 0 bridgehead atoms. The number of nitrogens with zero attached hydrogens (tertiary/aromatic N) is 2. The molecule has 0 aliphatic carbocycles. The number of carbonyl (C=O) groups is 1. The number of non-ortho nitro benzene ring substituents is 1. The van der Waals surface area contributed by atoms with E-state index in [1.165, 1.54) is 36.4 Å². The molecule has 0 saturated heterocycles. The van der Waals surface area contributed by atoms with E-state index < -0.39 is 15.8 Å². The standard InChI is InChI=1S/C15H10ClN3O5/c16-11-5-6-13(14(9-11)19(23)24)17-15(20)7-4-10-2-1-3-12(8-10)18(21)22/h1-9H,(H,17,20)/b7-4+. The molecule has 24 heavy (non-hydrogen) atoms. The van der Waals surface area contributed by atoms with E-state index in [9.17, 15) is 25.0 Å². The number of nitro groups is 2. The number of benzene rings is 2. The van der Waals surface area contributed by atoms with Crippen molar-refractivity contribution in [2.45, 2.75) is 0 Å². The fourth-order valence-corrected chi connectivity index (χ4v) is 2.02. The molecule has 0 fully saturated rings. The van der Waals surface area contributed by atoms with Gasteiger partial charge in [-0.2, -0.15) is 0 Å². The van der Waals surface area contributed by atoms with Crippen LogP contribution in [0.15, 0.2) is 48.5 Å². The Morgan fingerprint density at radius 1 is 1.08 bits per heavy atom. The van der Waals surface area contributed by atoms with Crippen LogP contribution in [0.25, 0.3) is 6.08 Å². The van der Waals surface area contributed by atoms with Crippen molar-refractivity contribution in [3.8, 4) is 0 Å². The van der Waals surface area contributed by atoms with E-state index in [2.05, 4.69) is 5.32 Å². The van der Waals surface area contributed by atoms with E-state index in [1.54, 1.807) is 6.07 Å². The van der Waals surface area contributed by atoms with Crippen molar-refractivity contribution in [3.05, 3.63) is 79.4 Å². The largest absolute Gasteiger partial charge is 0.317 e. The molecule has 1 N–H and O–H groups in total. The van der Waals surface area contributed by atoms with Crippen LogP contribution in [0.5, 0.6) is 0 Å². The second-order valence-electron chi connectivity index (χ2n) is 4.59. The molecular formula is C15H10ClN3O5. The zero-order valence-electron chi connectivity index (χ0n) is 12.0. The van der Waals surface area contributed by atoms with Crippen LogP contribution in [0.3, 0.4) is 0 Å². The number of carbonyl (C=O) groups excluding carboxylic acids is 1. The zero-order valence-corrected chi connectivity index (χ0v) is 12.8. The van der Waals surface area contributed by atoms with Gasteiger partial charge in [-0.1, -0.05) is 23.7 Å². The van der Waals surface area contributed by atoms with Gasteiger partial charge in [-0.3, -0.25) is 25.0 Å². The minimum absolute atomic E-state index is 0.00177. The lowest BCUT2D eigenvalue weighted by Gasteiger charge is -2.03. The summed E-state index contributed by atoms with van der Waals surface area (Å²) >= 11 is 5.69. The van der Waals surface area contributed by atoms with Crippen molar-refractivity contribution in [3.63, 3.8) is 0 Å². The first-order valence-electron chi connectivity index (χ1n) is 6.54. The summed E-state index contributed by atoms with van der Waals surface area (Å²) in [6, 6.07) is 9.56. The Hall–Kier alpha value is -3.26. The van der Waals surface area contributed by atoms with Crippen molar-refractivity contribution >= 4 is 40.6 Å². The summed E-state index contributed by atoms with van der Waals surface area (Å²) in [6.45, 7) is 0. The highest BCUT2D eigenvalue weighted by molar-refractivity contribution is 6.31. The highest BCUT2D eigenvalue weighted by atomic mass is 35.5. The average Bonchev–Trinajstić information content (AvgIpc) is 2.54. The molecule has 122 valence electrons. The van der Waals surface area contributed by atoms with E-state index in [0.717, 1.165) is 12.1 Å². The van der Waals surface area contributed by atoms with E-state index in [0.29, 0.717) is 5.56 Å². The van der Waals surface area contributed by atoms with Crippen LogP contribution in [-0.4, -0.2) is 15.8 Å². The molecule has 2 aromatic carbocycles. The minimum Gasteiger partial charge on any atom is -0.317 e. The quantitative estimate of drug-likeness (QED) is 0.501. The summed E-state index contributed by atoms with van der Waals surface area (Å²) in [7, 11) is 0. The second-order valence-corrected chi connectivity index (χ2v) is 5.03. The van der Waals surface area contributed by atoms with Gasteiger partial charge >= 0.3 is 0 Å². The zero-order chi connectivity index (χ0) is 17.7. The molecule has 0 atom stereocenters. The summed E-state index contributed by atoms with van der Waals surface area (Å²) in [5, 5.41) is 24.2. The van der Waals surface area contributed by atoms with Crippen LogP contribution < -0.4 is 5.32 Å². The van der Waals surface area contributed by atoms with Gasteiger partial charge in [0.2, 0.25) is 5.91 Å². The molecule has 0 aliphatic heterocycles. The SMILES string of the molecule is O=C(/C=C/c1cccc([N+](=O)[O-])c1)Nc1ccc(Cl)cc1[N+](=O)[O-]. The number of hydrogen-bond acceptors (Lipinski definition) is 5. The maximum Gasteiger partial charge on any atom is 0.294 e. The fourth-order valence-electron chi connectivity index (χ4n) is 1.85. The van der Waals surface area contributed by atoms with Gasteiger partial charge < -0.3 is 5.32 Å². The van der Waals surface area contributed by atoms with Gasteiger partial charge in [0.15, 0.2) is 0 Å². The summed E-state index contributed by atoms with van der Waals surface area (Å²) in [6.07, 6.45) is 2.49. The van der Waals surface area contributed by atoms with Gasteiger partial charge in [-0.25, -0.2) is 0 Å². The number of amides is 1. The summed E-state index contributed by atoms with van der Waals surface area (Å²) < 4.78 is 0. The molecular weight excluding hydrogens is 338 g/mol. The molecule has 2 rings (SSSR count). The first kappa shape index (κ1) is 17.1. The number of anilines is 1. The molecule has 0 radical (unpaired) electrons. The summed E-state index contributed by atoms with van der Waals surface area (Å²) in [5.41, 5.74) is 0.00791. The normalized spacial score (nSPS) is 10.5. The molecule has 0 heterocycles. The van der Waals surface area contributed by atoms with Gasteiger partial charge in [0.25, 0.3) is 11.4 Å². The van der Waals surface area contributed by atoms with E-state index >= 15 is 0 Å². The Morgan fingerprint density at radius 3 is 2.50 bits per heavy atom. The molecule has 0 spiro atoms. The molecule has 0 unspecified atom stereocenters. The number of nitro benzene ring substituents is 2.